The Labute approximate surface area is 146 Å². The Bertz CT molecular complexity index is 511. The number of nitrogens with one attached hydrogen (secondary N) is 1. The number of ether oxygens (including phenoxy) is 1. The number of benzene rings is 1. The van der Waals surface area contributed by atoms with Crippen LogP contribution < -0.4 is 15.0 Å². The summed E-state index contributed by atoms with van der Waals surface area (Å²) in [6, 6.07) is 8.19. The average molecular weight is 333 g/mol. The lowest BCUT2D eigenvalue weighted by Crippen LogP contribution is -2.52. The first-order chi connectivity index (χ1) is 11.6. The van der Waals surface area contributed by atoms with Gasteiger partial charge in [0.05, 0.1) is 12.3 Å². The monoisotopic (exact) mass is 333 g/mol. The third-order valence-corrected chi connectivity index (χ3v) is 4.31. The van der Waals surface area contributed by atoms with Crippen LogP contribution in [0.3, 0.4) is 0 Å². The standard InChI is InChI=1S/C19H31N3O2/c1-4-24-18-10-6-5-9-17(18)21-12-14-22(15-13-21)19(23)20-11-7-8-16(2)3/h5-6,9-10,16H,4,7-8,11-15H2,1-3H3,(H,20,23). The van der Waals surface area contributed by atoms with Gasteiger partial charge in [-0.15, -0.1) is 0 Å². The predicted octanol–water partition coefficient (Wildman–Crippen LogP) is 3.35. The van der Waals surface area contributed by atoms with Gasteiger partial charge in [0.25, 0.3) is 0 Å². The maximum absolute atomic E-state index is 12.2. The smallest absolute Gasteiger partial charge is 0.317 e. The van der Waals surface area contributed by atoms with Gasteiger partial charge in [-0.3, -0.25) is 0 Å². The topological polar surface area (TPSA) is 44.8 Å². The number of hydrogen-bond acceptors (Lipinski definition) is 3. The lowest BCUT2D eigenvalue weighted by Gasteiger charge is -2.36. The molecular weight excluding hydrogens is 302 g/mol. The van der Waals surface area contributed by atoms with E-state index in [9.17, 15) is 4.79 Å². The number of carbonyl (C=O) groups excluding carboxylic acids is 1. The van der Waals surface area contributed by atoms with Crippen LogP contribution in [0.2, 0.25) is 0 Å². The summed E-state index contributed by atoms with van der Waals surface area (Å²) in [5.74, 6) is 1.61. The molecule has 0 spiro atoms. The van der Waals surface area contributed by atoms with E-state index in [0.29, 0.717) is 12.5 Å². The first kappa shape index (κ1) is 18.4. The summed E-state index contributed by atoms with van der Waals surface area (Å²) in [4.78, 5) is 16.4. The summed E-state index contributed by atoms with van der Waals surface area (Å²) in [7, 11) is 0. The molecule has 1 fully saturated rings. The minimum Gasteiger partial charge on any atom is -0.492 e. The average Bonchev–Trinajstić information content (AvgIpc) is 2.59. The Balaban J connectivity index is 1.80. The molecule has 0 radical (unpaired) electrons. The number of urea groups is 1. The molecule has 0 saturated carbocycles. The molecule has 0 atom stereocenters. The number of piperazine rings is 1. The number of rotatable bonds is 7. The summed E-state index contributed by atoms with van der Waals surface area (Å²) in [5, 5.41) is 3.04. The van der Waals surface area contributed by atoms with Crippen molar-refractivity contribution in [3.63, 3.8) is 0 Å². The zero-order chi connectivity index (χ0) is 17.4. The largest absolute Gasteiger partial charge is 0.492 e. The summed E-state index contributed by atoms with van der Waals surface area (Å²) < 4.78 is 5.71. The third-order valence-electron chi connectivity index (χ3n) is 4.31. The molecule has 1 aliphatic heterocycles. The predicted molar refractivity (Wildman–Crippen MR) is 98.9 cm³/mol. The van der Waals surface area contributed by atoms with E-state index < -0.39 is 0 Å². The minimum absolute atomic E-state index is 0.0662. The van der Waals surface area contributed by atoms with Crippen LogP contribution in [-0.4, -0.2) is 50.3 Å². The van der Waals surface area contributed by atoms with Gasteiger partial charge in [0.2, 0.25) is 0 Å². The normalized spacial score (nSPS) is 14.8. The molecule has 1 aromatic carbocycles. The number of hydrogen-bond donors (Lipinski definition) is 1. The molecule has 24 heavy (non-hydrogen) atoms. The zero-order valence-corrected chi connectivity index (χ0v) is 15.3. The highest BCUT2D eigenvalue weighted by Crippen LogP contribution is 2.28. The van der Waals surface area contributed by atoms with Crippen LogP contribution in [0.25, 0.3) is 0 Å². The molecule has 1 N–H and O–H groups in total. The molecule has 5 heteroatoms. The van der Waals surface area contributed by atoms with E-state index in [1.54, 1.807) is 0 Å². The van der Waals surface area contributed by atoms with Crippen molar-refractivity contribution in [1.29, 1.82) is 0 Å². The highest BCUT2D eigenvalue weighted by Gasteiger charge is 2.22. The summed E-state index contributed by atoms with van der Waals surface area (Å²) in [6.07, 6.45) is 2.20. The Morgan fingerprint density at radius 1 is 1.21 bits per heavy atom. The van der Waals surface area contributed by atoms with Crippen LogP contribution in [0.5, 0.6) is 5.75 Å². The van der Waals surface area contributed by atoms with Crippen molar-refractivity contribution >= 4 is 11.7 Å². The zero-order valence-electron chi connectivity index (χ0n) is 15.3. The second-order valence-corrected chi connectivity index (χ2v) is 6.64. The Morgan fingerprint density at radius 2 is 1.92 bits per heavy atom. The molecule has 2 amide bonds. The van der Waals surface area contributed by atoms with E-state index in [4.69, 9.17) is 4.74 Å². The SMILES string of the molecule is CCOc1ccccc1N1CCN(C(=O)NCCCC(C)C)CC1. The molecule has 1 heterocycles. The lowest BCUT2D eigenvalue weighted by molar-refractivity contribution is 0.194. The Hall–Kier alpha value is -1.91. The van der Waals surface area contributed by atoms with Gasteiger partial charge in [-0.1, -0.05) is 26.0 Å². The van der Waals surface area contributed by atoms with Crippen LogP contribution in [0.15, 0.2) is 24.3 Å². The van der Waals surface area contributed by atoms with Gasteiger partial charge in [0, 0.05) is 32.7 Å². The van der Waals surface area contributed by atoms with Crippen molar-refractivity contribution < 1.29 is 9.53 Å². The molecule has 0 aromatic heterocycles. The highest BCUT2D eigenvalue weighted by molar-refractivity contribution is 5.74. The van der Waals surface area contributed by atoms with Gasteiger partial charge in [-0.05, 0) is 37.8 Å². The van der Waals surface area contributed by atoms with E-state index in [1.807, 2.05) is 30.0 Å². The van der Waals surface area contributed by atoms with Crippen molar-refractivity contribution in [3.05, 3.63) is 24.3 Å². The number of anilines is 1. The van der Waals surface area contributed by atoms with E-state index in [-0.39, 0.29) is 6.03 Å². The van der Waals surface area contributed by atoms with Crippen molar-refractivity contribution in [2.75, 3.05) is 44.2 Å². The molecule has 1 aromatic rings. The molecule has 5 nitrogen and oxygen atoms in total. The van der Waals surface area contributed by atoms with Gasteiger partial charge < -0.3 is 19.9 Å². The van der Waals surface area contributed by atoms with E-state index in [2.05, 4.69) is 30.1 Å². The second-order valence-electron chi connectivity index (χ2n) is 6.64. The van der Waals surface area contributed by atoms with E-state index in [0.717, 1.165) is 57.0 Å². The summed E-state index contributed by atoms with van der Waals surface area (Å²) in [6.45, 7) is 11.0. The van der Waals surface area contributed by atoms with Gasteiger partial charge in [-0.25, -0.2) is 4.79 Å². The van der Waals surface area contributed by atoms with Crippen LogP contribution in [0.4, 0.5) is 10.5 Å². The van der Waals surface area contributed by atoms with Crippen LogP contribution in [0, 0.1) is 5.92 Å². The molecule has 134 valence electrons. The first-order valence-electron chi connectivity index (χ1n) is 9.11. The number of nitrogens with zero attached hydrogens (tertiary/aromatic N) is 2. The summed E-state index contributed by atoms with van der Waals surface area (Å²) in [5.41, 5.74) is 1.12. The van der Waals surface area contributed by atoms with E-state index >= 15 is 0 Å². The number of amides is 2. The van der Waals surface area contributed by atoms with Crippen molar-refractivity contribution in [2.24, 2.45) is 5.92 Å². The molecule has 1 saturated heterocycles. The second kappa shape index (κ2) is 9.40. The maximum Gasteiger partial charge on any atom is 0.317 e. The van der Waals surface area contributed by atoms with Gasteiger partial charge in [0.1, 0.15) is 5.75 Å². The summed E-state index contributed by atoms with van der Waals surface area (Å²) >= 11 is 0. The van der Waals surface area contributed by atoms with Gasteiger partial charge >= 0.3 is 6.03 Å². The molecule has 0 bridgehead atoms. The molecular formula is C19H31N3O2. The van der Waals surface area contributed by atoms with Crippen LogP contribution in [0.1, 0.15) is 33.6 Å². The van der Waals surface area contributed by atoms with Crippen molar-refractivity contribution in [2.45, 2.75) is 33.6 Å². The minimum atomic E-state index is 0.0662. The number of para-hydroxylation sites is 2. The quantitative estimate of drug-likeness (QED) is 0.778. The van der Waals surface area contributed by atoms with Crippen molar-refractivity contribution in [1.82, 2.24) is 10.2 Å². The van der Waals surface area contributed by atoms with Gasteiger partial charge in [-0.2, -0.15) is 0 Å². The number of carbonyl (C=O) groups is 1. The fourth-order valence-electron chi connectivity index (χ4n) is 2.96. The Kier molecular flexibility index (Phi) is 7.22. The molecule has 0 unspecified atom stereocenters. The fourth-order valence-corrected chi connectivity index (χ4v) is 2.96. The van der Waals surface area contributed by atoms with Crippen LogP contribution >= 0.6 is 0 Å². The molecule has 0 aliphatic carbocycles. The fraction of sp³-hybridized carbons (Fsp3) is 0.632. The first-order valence-corrected chi connectivity index (χ1v) is 9.11. The highest BCUT2D eigenvalue weighted by atomic mass is 16.5. The third kappa shape index (κ3) is 5.32. The lowest BCUT2D eigenvalue weighted by atomic mass is 10.1. The molecule has 1 aliphatic rings. The van der Waals surface area contributed by atoms with Gasteiger partial charge in [0.15, 0.2) is 0 Å². The van der Waals surface area contributed by atoms with Crippen LogP contribution in [-0.2, 0) is 0 Å². The maximum atomic E-state index is 12.2. The van der Waals surface area contributed by atoms with E-state index in [1.165, 1.54) is 0 Å². The molecule has 2 rings (SSSR count). The Morgan fingerprint density at radius 3 is 2.58 bits per heavy atom. The van der Waals surface area contributed by atoms with Crippen molar-refractivity contribution in [3.8, 4) is 5.75 Å².